The molecule has 0 aliphatic carbocycles. The highest BCUT2D eigenvalue weighted by Gasteiger charge is 2.10. The van der Waals surface area contributed by atoms with E-state index in [2.05, 4.69) is 9.97 Å². The van der Waals surface area contributed by atoms with Crippen molar-refractivity contribution in [3.05, 3.63) is 41.2 Å². The van der Waals surface area contributed by atoms with Crippen LogP contribution in [0, 0.1) is 11.3 Å². The standard InChI is InChI=1S/C11H7ClN4S/c12-8-2-1-4-15-10(8)17-11-9(14)7(6-13)3-5-16-11/h1-5H,14H2. The molecule has 17 heavy (non-hydrogen) atoms. The van der Waals surface area contributed by atoms with Crippen LogP contribution in [0.1, 0.15) is 5.56 Å². The summed E-state index contributed by atoms with van der Waals surface area (Å²) < 4.78 is 0. The van der Waals surface area contributed by atoms with Gasteiger partial charge in [0.05, 0.1) is 16.3 Å². The number of anilines is 1. The number of nitrogens with two attached hydrogens (primary N) is 1. The molecule has 84 valence electrons. The van der Waals surface area contributed by atoms with E-state index in [-0.39, 0.29) is 0 Å². The number of pyridine rings is 2. The summed E-state index contributed by atoms with van der Waals surface area (Å²) in [4.78, 5) is 8.23. The number of hydrogen-bond donors (Lipinski definition) is 1. The highest BCUT2D eigenvalue weighted by atomic mass is 35.5. The predicted octanol–water partition coefficient (Wildman–Crippen LogP) is 2.74. The van der Waals surface area contributed by atoms with Crippen molar-refractivity contribution in [3.63, 3.8) is 0 Å². The van der Waals surface area contributed by atoms with E-state index in [1.807, 2.05) is 6.07 Å². The molecule has 0 aliphatic heterocycles. The van der Waals surface area contributed by atoms with Crippen molar-refractivity contribution in [3.8, 4) is 6.07 Å². The largest absolute Gasteiger partial charge is 0.395 e. The molecule has 0 saturated carbocycles. The minimum Gasteiger partial charge on any atom is -0.395 e. The van der Waals surface area contributed by atoms with E-state index in [1.54, 1.807) is 24.4 Å². The van der Waals surface area contributed by atoms with Crippen LogP contribution in [0.25, 0.3) is 0 Å². The van der Waals surface area contributed by atoms with Gasteiger partial charge >= 0.3 is 0 Å². The van der Waals surface area contributed by atoms with Gasteiger partial charge in [0.15, 0.2) is 0 Å². The highest BCUT2D eigenvalue weighted by Crippen LogP contribution is 2.33. The Labute approximate surface area is 107 Å². The molecule has 2 N–H and O–H groups in total. The average Bonchev–Trinajstić information content (AvgIpc) is 2.34. The van der Waals surface area contributed by atoms with Gasteiger partial charge in [-0.2, -0.15) is 5.26 Å². The topological polar surface area (TPSA) is 75.6 Å². The van der Waals surface area contributed by atoms with Gasteiger partial charge < -0.3 is 5.73 Å². The Hall–Kier alpha value is -1.77. The van der Waals surface area contributed by atoms with E-state index >= 15 is 0 Å². The Morgan fingerprint density at radius 1 is 1.24 bits per heavy atom. The zero-order valence-electron chi connectivity index (χ0n) is 8.59. The van der Waals surface area contributed by atoms with E-state index in [9.17, 15) is 0 Å². The predicted molar refractivity (Wildman–Crippen MR) is 66.7 cm³/mol. The van der Waals surface area contributed by atoms with Crippen LogP contribution in [0.3, 0.4) is 0 Å². The molecule has 0 unspecified atom stereocenters. The first-order chi connectivity index (χ1) is 8.22. The first-order valence-corrected chi connectivity index (χ1v) is 5.84. The van der Waals surface area contributed by atoms with Crippen LogP contribution in [-0.2, 0) is 0 Å². The lowest BCUT2D eigenvalue weighted by atomic mass is 10.2. The monoisotopic (exact) mass is 262 g/mol. The summed E-state index contributed by atoms with van der Waals surface area (Å²) in [6, 6.07) is 7.06. The normalized spacial score (nSPS) is 9.88. The number of nitrogens with zero attached hydrogens (tertiary/aromatic N) is 3. The number of hydrogen-bond acceptors (Lipinski definition) is 5. The van der Waals surface area contributed by atoms with Gasteiger partial charge in [-0.05, 0) is 30.0 Å². The van der Waals surface area contributed by atoms with E-state index in [0.717, 1.165) is 0 Å². The molecule has 0 fully saturated rings. The molecule has 2 heterocycles. The first-order valence-electron chi connectivity index (χ1n) is 4.65. The second-order valence-electron chi connectivity index (χ2n) is 3.08. The molecule has 0 saturated heterocycles. The van der Waals surface area contributed by atoms with Gasteiger partial charge in [-0.15, -0.1) is 0 Å². The summed E-state index contributed by atoms with van der Waals surface area (Å²) in [6.07, 6.45) is 3.17. The SMILES string of the molecule is N#Cc1ccnc(Sc2ncccc2Cl)c1N. The molecule has 4 nitrogen and oxygen atoms in total. The number of nitriles is 1. The van der Waals surface area contributed by atoms with Crippen molar-refractivity contribution in [1.29, 1.82) is 5.26 Å². The summed E-state index contributed by atoms with van der Waals surface area (Å²) in [7, 11) is 0. The van der Waals surface area contributed by atoms with E-state index in [0.29, 0.717) is 26.3 Å². The average molecular weight is 263 g/mol. The lowest BCUT2D eigenvalue weighted by Gasteiger charge is -2.05. The fourth-order valence-corrected chi connectivity index (χ4v) is 2.20. The van der Waals surface area contributed by atoms with Crippen LogP contribution < -0.4 is 5.73 Å². The molecule has 0 amide bonds. The Balaban J connectivity index is 2.38. The first kappa shape index (κ1) is 11.7. The smallest absolute Gasteiger partial charge is 0.127 e. The fourth-order valence-electron chi connectivity index (χ4n) is 1.17. The van der Waals surface area contributed by atoms with Gasteiger partial charge in [0.1, 0.15) is 16.1 Å². The van der Waals surface area contributed by atoms with Crippen molar-refractivity contribution >= 4 is 29.1 Å². The number of halogens is 1. The highest BCUT2D eigenvalue weighted by molar-refractivity contribution is 7.99. The van der Waals surface area contributed by atoms with Crippen molar-refractivity contribution < 1.29 is 0 Å². The minimum atomic E-state index is 0.349. The maximum absolute atomic E-state index is 8.85. The van der Waals surface area contributed by atoms with Crippen molar-refractivity contribution in [1.82, 2.24) is 9.97 Å². The zero-order valence-corrected chi connectivity index (χ0v) is 10.2. The van der Waals surface area contributed by atoms with Crippen LogP contribution in [0.4, 0.5) is 5.69 Å². The maximum atomic E-state index is 8.85. The minimum absolute atomic E-state index is 0.349. The molecule has 6 heteroatoms. The van der Waals surface area contributed by atoms with Gasteiger partial charge in [0.2, 0.25) is 0 Å². The number of rotatable bonds is 2. The van der Waals surface area contributed by atoms with Crippen molar-refractivity contribution in [2.75, 3.05) is 5.73 Å². The Kier molecular flexibility index (Phi) is 3.47. The van der Waals surface area contributed by atoms with E-state index in [4.69, 9.17) is 22.6 Å². The third-order valence-electron chi connectivity index (χ3n) is 1.99. The lowest BCUT2D eigenvalue weighted by Crippen LogP contribution is -1.96. The lowest BCUT2D eigenvalue weighted by molar-refractivity contribution is 1.09. The summed E-state index contributed by atoms with van der Waals surface area (Å²) in [5, 5.41) is 10.5. The number of nitrogen functional groups attached to an aromatic ring is 1. The Bertz CT molecular complexity index is 594. The summed E-state index contributed by atoms with van der Waals surface area (Å²) in [5.41, 5.74) is 6.56. The number of aromatic nitrogens is 2. The van der Waals surface area contributed by atoms with Gasteiger partial charge in [0.25, 0.3) is 0 Å². The van der Waals surface area contributed by atoms with Crippen LogP contribution in [0.15, 0.2) is 40.6 Å². The molecule has 0 spiro atoms. The summed E-state index contributed by atoms with van der Waals surface area (Å²) >= 11 is 7.22. The second kappa shape index (κ2) is 5.04. The van der Waals surface area contributed by atoms with E-state index < -0.39 is 0 Å². The third-order valence-corrected chi connectivity index (χ3v) is 3.45. The molecule has 0 bridgehead atoms. The van der Waals surface area contributed by atoms with E-state index in [1.165, 1.54) is 18.0 Å². The van der Waals surface area contributed by atoms with Gasteiger partial charge in [-0.1, -0.05) is 11.6 Å². The van der Waals surface area contributed by atoms with Crippen LogP contribution >= 0.6 is 23.4 Å². The molecule has 0 radical (unpaired) electrons. The molecule has 2 aromatic rings. The third kappa shape index (κ3) is 2.49. The van der Waals surface area contributed by atoms with Gasteiger partial charge in [-0.3, -0.25) is 0 Å². The Morgan fingerprint density at radius 3 is 2.71 bits per heavy atom. The van der Waals surface area contributed by atoms with Crippen molar-refractivity contribution in [2.45, 2.75) is 10.1 Å². The van der Waals surface area contributed by atoms with Crippen LogP contribution in [0.2, 0.25) is 5.02 Å². The van der Waals surface area contributed by atoms with Gasteiger partial charge in [0, 0.05) is 12.4 Å². The molecule has 0 atom stereocenters. The zero-order chi connectivity index (χ0) is 12.3. The maximum Gasteiger partial charge on any atom is 0.127 e. The molecular formula is C11H7ClN4S. The van der Waals surface area contributed by atoms with Crippen LogP contribution in [-0.4, -0.2) is 9.97 Å². The Morgan fingerprint density at radius 2 is 2.00 bits per heavy atom. The molecule has 2 aromatic heterocycles. The molecule has 2 rings (SSSR count). The molecular weight excluding hydrogens is 256 g/mol. The second-order valence-corrected chi connectivity index (χ2v) is 4.47. The quantitative estimate of drug-likeness (QED) is 0.901. The fraction of sp³-hybridized carbons (Fsp3) is 0. The van der Waals surface area contributed by atoms with Crippen LogP contribution in [0.5, 0.6) is 0 Å². The summed E-state index contributed by atoms with van der Waals surface area (Å²) in [5.74, 6) is 0. The van der Waals surface area contributed by atoms with Crippen molar-refractivity contribution in [2.24, 2.45) is 0 Å². The van der Waals surface area contributed by atoms with Gasteiger partial charge in [-0.25, -0.2) is 9.97 Å². The summed E-state index contributed by atoms with van der Waals surface area (Å²) in [6.45, 7) is 0. The molecule has 0 aliphatic rings. The molecule has 0 aromatic carbocycles.